The molecule has 5 nitrogen and oxygen atoms in total. The van der Waals surface area contributed by atoms with Crippen LogP contribution in [0.25, 0.3) is 0 Å². The summed E-state index contributed by atoms with van der Waals surface area (Å²) in [4.78, 5) is 11.5. The van der Waals surface area contributed by atoms with Gasteiger partial charge in [-0.1, -0.05) is 6.07 Å². The van der Waals surface area contributed by atoms with Gasteiger partial charge in [-0.25, -0.2) is 0 Å². The van der Waals surface area contributed by atoms with Crippen LogP contribution in [0.3, 0.4) is 0 Å². The Morgan fingerprint density at radius 1 is 1.06 bits per heavy atom. The Bertz CT molecular complexity index is 512. The summed E-state index contributed by atoms with van der Waals surface area (Å²) in [5, 5.41) is 0. The average molecular weight is 248 g/mol. The van der Waals surface area contributed by atoms with Gasteiger partial charge in [-0.3, -0.25) is 4.79 Å². The van der Waals surface area contributed by atoms with Crippen molar-refractivity contribution in [2.75, 3.05) is 20.0 Å². The molecule has 0 saturated carbocycles. The molecular formula is C13H12O5. The maximum Gasteiger partial charge on any atom is 0.311 e. The van der Waals surface area contributed by atoms with Crippen molar-refractivity contribution >= 4 is 5.97 Å². The zero-order valence-electron chi connectivity index (χ0n) is 9.63. The van der Waals surface area contributed by atoms with Gasteiger partial charge in [0.15, 0.2) is 11.5 Å². The summed E-state index contributed by atoms with van der Waals surface area (Å²) in [6.45, 7) is 1.16. The van der Waals surface area contributed by atoms with Gasteiger partial charge in [-0.05, 0) is 17.7 Å². The van der Waals surface area contributed by atoms with Crippen molar-refractivity contribution in [3.05, 3.63) is 23.8 Å². The van der Waals surface area contributed by atoms with Gasteiger partial charge in [-0.15, -0.1) is 0 Å². The van der Waals surface area contributed by atoms with Crippen molar-refractivity contribution in [2.45, 2.75) is 6.10 Å². The second-order valence-electron chi connectivity index (χ2n) is 4.77. The van der Waals surface area contributed by atoms with Crippen LogP contribution in [-0.2, 0) is 14.3 Å². The van der Waals surface area contributed by atoms with E-state index in [0.717, 1.165) is 17.1 Å². The van der Waals surface area contributed by atoms with Crippen LogP contribution in [0, 0.1) is 11.8 Å². The first-order valence-corrected chi connectivity index (χ1v) is 6.01. The zero-order valence-corrected chi connectivity index (χ0v) is 9.63. The maximum absolute atomic E-state index is 11.5. The van der Waals surface area contributed by atoms with Crippen LogP contribution in [0.4, 0.5) is 0 Å². The first kappa shape index (κ1) is 10.2. The zero-order chi connectivity index (χ0) is 12.1. The predicted octanol–water partition coefficient (Wildman–Crippen LogP) is 1.28. The standard InChI is InChI=1S/C13H12O5/c14-13-9-5-15-12(8(9)4-16-13)7-1-2-10-11(3-7)18-6-17-10/h1-3,8-9,12H,4-6H2/t8-,9-,12+/m1/s1. The molecule has 0 radical (unpaired) electrons. The lowest BCUT2D eigenvalue weighted by atomic mass is 9.90. The van der Waals surface area contributed by atoms with Gasteiger partial charge >= 0.3 is 5.97 Å². The number of esters is 1. The summed E-state index contributed by atoms with van der Waals surface area (Å²) in [7, 11) is 0. The molecule has 0 aliphatic carbocycles. The van der Waals surface area contributed by atoms with E-state index < -0.39 is 0 Å². The van der Waals surface area contributed by atoms with E-state index in [1.165, 1.54) is 0 Å². The molecule has 3 atom stereocenters. The molecule has 2 fully saturated rings. The topological polar surface area (TPSA) is 54.0 Å². The molecule has 2 saturated heterocycles. The van der Waals surface area contributed by atoms with E-state index in [0.29, 0.717) is 13.2 Å². The lowest BCUT2D eigenvalue weighted by Gasteiger charge is -2.15. The third-order valence-electron chi connectivity index (χ3n) is 3.81. The molecular weight excluding hydrogens is 236 g/mol. The molecule has 3 aliphatic rings. The van der Waals surface area contributed by atoms with Crippen molar-refractivity contribution in [1.29, 1.82) is 0 Å². The van der Waals surface area contributed by atoms with Gasteiger partial charge in [0.25, 0.3) is 0 Å². The Morgan fingerprint density at radius 2 is 1.94 bits per heavy atom. The highest BCUT2D eigenvalue weighted by atomic mass is 16.7. The number of hydrogen-bond acceptors (Lipinski definition) is 5. The smallest absolute Gasteiger partial charge is 0.311 e. The van der Waals surface area contributed by atoms with E-state index in [1.807, 2.05) is 18.2 Å². The third-order valence-corrected chi connectivity index (χ3v) is 3.81. The Hall–Kier alpha value is -1.75. The van der Waals surface area contributed by atoms with Gasteiger partial charge in [-0.2, -0.15) is 0 Å². The van der Waals surface area contributed by atoms with E-state index in [1.54, 1.807) is 0 Å². The number of cyclic esters (lactones) is 1. The molecule has 0 aromatic heterocycles. The molecule has 94 valence electrons. The van der Waals surface area contributed by atoms with Crippen molar-refractivity contribution in [3.63, 3.8) is 0 Å². The largest absolute Gasteiger partial charge is 0.465 e. The average Bonchev–Trinajstić information content (AvgIpc) is 3.06. The summed E-state index contributed by atoms with van der Waals surface area (Å²) in [5.41, 5.74) is 1.02. The second-order valence-corrected chi connectivity index (χ2v) is 4.77. The van der Waals surface area contributed by atoms with Gasteiger partial charge in [0, 0.05) is 5.92 Å². The Labute approximate surface area is 104 Å². The molecule has 1 aromatic carbocycles. The van der Waals surface area contributed by atoms with Crippen molar-refractivity contribution in [1.82, 2.24) is 0 Å². The van der Waals surface area contributed by atoms with Crippen molar-refractivity contribution in [3.8, 4) is 11.5 Å². The summed E-state index contributed by atoms with van der Waals surface area (Å²) in [5.74, 6) is 1.37. The number of benzene rings is 1. The highest BCUT2D eigenvalue weighted by Crippen LogP contribution is 2.44. The molecule has 4 rings (SSSR count). The summed E-state index contributed by atoms with van der Waals surface area (Å²) < 4.78 is 21.5. The van der Waals surface area contributed by atoms with E-state index >= 15 is 0 Å². The molecule has 0 spiro atoms. The summed E-state index contributed by atoms with van der Waals surface area (Å²) in [6.07, 6.45) is -0.0871. The number of fused-ring (bicyclic) bond motifs is 2. The number of carbonyl (C=O) groups is 1. The number of hydrogen-bond donors (Lipinski definition) is 0. The van der Waals surface area contributed by atoms with Crippen LogP contribution in [0.1, 0.15) is 11.7 Å². The number of rotatable bonds is 1. The molecule has 0 bridgehead atoms. The minimum Gasteiger partial charge on any atom is -0.465 e. The molecule has 1 aromatic rings. The van der Waals surface area contributed by atoms with Crippen LogP contribution >= 0.6 is 0 Å². The quantitative estimate of drug-likeness (QED) is 0.701. The van der Waals surface area contributed by atoms with Crippen LogP contribution in [0.15, 0.2) is 18.2 Å². The van der Waals surface area contributed by atoms with Gasteiger partial charge in [0.05, 0.1) is 25.2 Å². The Balaban J connectivity index is 1.66. The van der Waals surface area contributed by atoms with E-state index in [-0.39, 0.29) is 30.7 Å². The van der Waals surface area contributed by atoms with Gasteiger partial charge in [0.1, 0.15) is 0 Å². The van der Waals surface area contributed by atoms with Gasteiger partial charge < -0.3 is 18.9 Å². The van der Waals surface area contributed by atoms with Crippen molar-refractivity contribution < 1.29 is 23.7 Å². The summed E-state index contributed by atoms with van der Waals surface area (Å²) in [6, 6.07) is 5.77. The fourth-order valence-electron chi connectivity index (χ4n) is 2.83. The minimum atomic E-state index is -0.136. The second kappa shape index (κ2) is 3.62. The molecule has 0 N–H and O–H groups in total. The third kappa shape index (κ3) is 1.34. The number of carbonyl (C=O) groups excluding carboxylic acids is 1. The number of ether oxygens (including phenoxy) is 4. The van der Waals surface area contributed by atoms with E-state index in [9.17, 15) is 4.79 Å². The van der Waals surface area contributed by atoms with E-state index in [2.05, 4.69) is 0 Å². The van der Waals surface area contributed by atoms with E-state index in [4.69, 9.17) is 18.9 Å². The highest BCUT2D eigenvalue weighted by Gasteiger charge is 2.48. The Kier molecular flexibility index (Phi) is 2.05. The first-order chi connectivity index (χ1) is 8.83. The fraction of sp³-hybridized carbons (Fsp3) is 0.462. The molecule has 18 heavy (non-hydrogen) atoms. The van der Waals surface area contributed by atoms with Crippen LogP contribution in [-0.4, -0.2) is 26.0 Å². The molecule has 3 aliphatic heterocycles. The predicted molar refractivity (Wildman–Crippen MR) is 59.2 cm³/mol. The molecule has 3 heterocycles. The fourth-order valence-corrected chi connectivity index (χ4v) is 2.83. The summed E-state index contributed by atoms with van der Waals surface area (Å²) >= 11 is 0. The normalized spacial score (nSPS) is 32.4. The van der Waals surface area contributed by atoms with Crippen LogP contribution in [0.5, 0.6) is 11.5 Å². The molecule has 0 unspecified atom stereocenters. The lowest BCUT2D eigenvalue weighted by molar-refractivity contribution is -0.142. The maximum atomic E-state index is 11.5. The SMILES string of the molecule is O=C1OC[C@@H]2[C@H]1CO[C@H]2c1ccc2c(c1)OCO2. The molecule has 0 amide bonds. The van der Waals surface area contributed by atoms with Crippen LogP contribution in [0.2, 0.25) is 0 Å². The minimum absolute atomic E-state index is 0.0871. The lowest BCUT2D eigenvalue weighted by Crippen LogP contribution is -2.14. The Morgan fingerprint density at radius 3 is 2.89 bits per heavy atom. The highest BCUT2D eigenvalue weighted by molar-refractivity contribution is 5.75. The molecule has 5 heteroatoms. The first-order valence-electron chi connectivity index (χ1n) is 6.01. The van der Waals surface area contributed by atoms with Crippen molar-refractivity contribution in [2.24, 2.45) is 11.8 Å². The van der Waals surface area contributed by atoms with Gasteiger partial charge in [0.2, 0.25) is 6.79 Å². The van der Waals surface area contributed by atoms with Crippen LogP contribution < -0.4 is 9.47 Å². The monoisotopic (exact) mass is 248 g/mol.